The lowest BCUT2D eigenvalue weighted by Crippen LogP contribution is -2.29. The minimum Gasteiger partial charge on any atom is -0.326 e. The average molecular weight is 372 g/mol. The highest BCUT2D eigenvalue weighted by Crippen LogP contribution is 2.30. The predicted molar refractivity (Wildman–Crippen MR) is 105 cm³/mol. The van der Waals surface area contributed by atoms with Crippen LogP contribution in [0.1, 0.15) is 37.3 Å². The number of nitrogens with one attached hydrogen (secondary N) is 2. The van der Waals surface area contributed by atoms with E-state index in [1.165, 1.54) is 0 Å². The van der Waals surface area contributed by atoms with Crippen molar-refractivity contribution in [2.75, 3.05) is 17.6 Å². The van der Waals surface area contributed by atoms with E-state index in [0.717, 1.165) is 27.9 Å². The number of amides is 1. The summed E-state index contributed by atoms with van der Waals surface area (Å²) in [5.74, 6) is 0.287. The quantitative estimate of drug-likeness (QED) is 0.783. The second-order valence-electron chi connectivity index (χ2n) is 6.79. The first-order valence-electron chi connectivity index (χ1n) is 8.88. The Labute approximate surface area is 154 Å². The van der Waals surface area contributed by atoms with Gasteiger partial charge in [-0.2, -0.15) is 0 Å². The zero-order valence-corrected chi connectivity index (χ0v) is 15.9. The third-order valence-corrected chi connectivity index (χ3v) is 6.18. The number of rotatable bonds is 7. The molecule has 1 atom stereocenters. The van der Waals surface area contributed by atoms with Crippen LogP contribution in [-0.4, -0.2) is 26.6 Å². The summed E-state index contributed by atoms with van der Waals surface area (Å²) in [4.78, 5) is 11.5. The molecule has 0 aliphatic carbocycles. The molecule has 3 rings (SSSR count). The maximum absolute atomic E-state index is 11.8. The van der Waals surface area contributed by atoms with Crippen molar-refractivity contribution in [3.63, 3.8) is 0 Å². The van der Waals surface area contributed by atoms with Crippen molar-refractivity contribution in [3.8, 4) is 11.1 Å². The van der Waals surface area contributed by atoms with Crippen LogP contribution in [0.2, 0.25) is 0 Å². The van der Waals surface area contributed by atoms with E-state index in [1.54, 1.807) is 0 Å². The third kappa shape index (κ3) is 4.31. The Morgan fingerprint density at radius 3 is 2.50 bits per heavy atom. The van der Waals surface area contributed by atoms with Gasteiger partial charge in [0.05, 0.1) is 12.2 Å². The molecule has 1 aliphatic heterocycles. The first-order valence-corrected chi connectivity index (χ1v) is 10.5. The molecule has 1 amide bonds. The number of hydrogen-bond acceptors (Lipinski definition) is 3. The first kappa shape index (κ1) is 18.6. The van der Waals surface area contributed by atoms with E-state index in [1.807, 2.05) is 56.3 Å². The van der Waals surface area contributed by atoms with Gasteiger partial charge in [-0.3, -0.25) is 4.79 Å². The molecular weight excluding hydrogens is 348 g/mol. The summed E-state index contributed by atoms with van der Waals surface area (Å²) < 4.78 is 26.2. The van der Waals surface area contributed by atoms with Crippen LogP contribution in [0, 0.1) is 0 Å². The van der Waals surface area contributed by atoms with E-state index in [-0.39, 0.29) is 17.6 Å². The van der Waals surface area contributed by atoms with E-state index in [9.17, 15) is 13.2 Å². The molecule has 0 saturated heterocycles. The van der Waals surface area contributed by atoms with Crippen LogP contribution in [0.5, 0.6) is 0 Å². The molecule has 26 heavy (non-hydrogen) atoms. The third-order valence-electron chi connectivity index (χ3n) is 4.63. The standard InChI is InChI=1S/C20H24N2O3S/c1-3-10-26(24,25)21-13-14(2)15-4-6-16(7-5-15)17-8-9-18-12-20(23)22-19(18)11-17/h4-9,11,14,21H,3,10,12-13H2,1-2H3,(H,22,23). The van der Waals surface area contributed by atoms with Crippen molar-refractivity contribution in [2.24, 2.45) is 0 Å². The van der Waals surface area contributed by atoms with Crippen molar-refractivity contribution in [1.29, 1.82) is 0 Å². The Kier molecular flexibility index (Phi) is 5.44. The largest absolute Gasteiger partial charge is 0.326 e. The van der Waals surface area contributed by atoms with Crippen LogP contribution in [0.4, 0.5) is 5.69 Å². The molecule has 1 aliphatic rings. The molecule has 2 N–H and O–H groups in total. The zero-order chi connectivity index (χ0) is 18.7. The number of carbonyl (C=O) groups is 1. The second-order valence-corrected chi connectivity index (χ2v) is 8.71. The fourth-order valence-electron chi connectivity index (χ4n) is 3.11. The van der Waals surface area contributed by atoms with Crippen LogP contribution in [-0.2, 0) is 21.2 Å². The van der Waals surface area contributed by atoms with Gasteiger partial charge in [-0.1, -0.05) is 50.2 Å². The SMILES string of the molecule is CCCS(=O)(=O)NCC(C)c1ccc(-c2ccc3c(c2)NC(=O)C3)cc1. The Morgan fingerprint density at radius 1 is 1.12 bits per heavy atom. The van der Waals surface area contributed by atoms with Crippen molar-refractivity contribution in [3.05, 3.63) is 53.6 Å². The summed E-state index contributed by atoms with van der Waals surface area (Å²) in [6.07, 6.45) is 1.06. The van der Waals surface area contributed by atoms with Crippen molar-refractivity contribution >= 4 is 21.6 Å². The highest BCUT2D eigenvalue weighted by Gasteiger charge is 2.18. The van der Waals surface area contributed by atoms with E-state index in [2.05, 4.69) is 10.0 Å². The van der Waals surface area contributed by atoms with Crippen molar-refractivity contribution < 1.29 is 13.2 Å². The zero-order valence-electron chi connectivity index (χ0n) is 15.1. The summed E-state index contributed by atoms with van der Waals surface area (Å²) in [5.41, 5.74) is 5.12. The van der Waals surface area contributed by atoms with Gasteiger partial charge >= 0.3 is 0 Å². The van der Waals surface area contributed by atoms with Gasteiger partial charge in [-0.05, 0) is 40.7 Å². The molecule has 6 heteroatoms. The molecule has 0 bridgehead atoms. The van der Waals surface area contributed by atoms with Gasteiger partial charge in [0.2, 0.25) is 15.9 Å². The minimum absolute atomic E-state index is 0.0341. The summed E-state index contributed by atoms with van der Waals surface area (Å²) in [6, 6.07) is 14.1. The number of sulfonamides is 1. The normalized spacial score (nSPS) is 14.8. The molecule has 1 unspecified atom stereocenters. The summed E-state index contributed by atoms with van der Waals surface area (Å²) >= 11 is 0. The molecular formula is C20H24N2O3S. The molecule has 0 aromatic heterocycles. The van der Waals surface area contributed by atoms with Crippen molar-refractivity contribution in [2.45, 2.75) is 32.6 Å². The Balaban J connectivity index is 1.69. The lowest BCUT2D eigenvalue weighted by molar-refractivity contribution is -0.115. The van der Waals surface area contributed by atoms with E-state index in [4.69, 9.17) is 0 Å². The van der Waals surface area contributed by atoms with Gasteiger partial charge in [0.1, 0.15) is 0 Å². The lowest BCUT2D eigenvalue weighted by Gasteiger charge is -2.14. The maximum atomic E-state index is 11.8. The van der Waals surface area contributed by atoms with E-state index in [0.29, 0.717) is 19.4 Å². The smallest absolute Gasteiger partial charge is 0.228 e. The van der Waals surface area contributed by atoms with Crippen LogP contribution in [0.3, 0.4) is 0 Å². The van der Waals surface area contributed by atoms with Crippen LogP contribution >= 0.6 is 0 Å². The molecule has 0 fully saturated rings. The fourth-order valence-corrected chi connectivity index (χ4v) is 4.29. The molecule has 138 valence electrons. The number of anilines is 1. The van der Waals surface area contributed by atoms with Gasteiger partial charge < -0.3 is 5.32 Å². The van der Waals surface area contributed by atoms with Gasteiger partial charge in [-0.15, -0.1) is 0 Å². The number of hydrogen-bond donors (Lipinski definition) is 2. The summed E-state index contributed by atoms with van der Waals surface area (Å²) in [5, 5.41) is 2.87. The Bertz CT molecular complexity index is 905. The monoisotopic (exact) mass is 372 g/mol. The lowest BCUT2D eigenvalue weighted by atomic mass is 9.97. The van der Waals surface area contributed by atoms with E-state index < -0.39 is 10.0 Å². The van der Waals surface area contributed by atoms with Gasteiger partial charge in [0.25, 0.3) is 0 Å². The Hall–Kier alpha value is -2.18. The highest BCUT2D eigenvalue weighted by atomic mass is 32.2. The van der Waals surface area contributed by atoms with Crippen LogP contribution in [0.25, 0.3) is 11.1 Å². The molecule has 0 saturated carbocycles. The second kappa shape index (κ2) is 7.60. The topological polar surface area (TPSA) is 75.3 Å². The van der Waals surface area contributed by atoms with Gasteiger partial charge in [0.15, 0.2) is 0 Å². The molecule has 2 aromatic carbocycles. The minimum atomic E-state index is -3.18. The molecule has 0 radical (unpaired) electrons. The number of benzene rings is 2. The summed E-state index contributed by atoms with van der Waals surface area (Å²) in [6.45, 7) is 4.26. The Morgan fingerprint density at radius 2 is 1.81 bits per heavy atom. The summed E-state index contributed by atoms with van der Waals surface area (Å²) in [7, 11) is -3.18. The molecule has 5 nitrogen and oxygen atoms in total. The maximum Gasteiger partial charge on any atom is 0.228 e. The number of fused-ring (bicyclic) bond motifs is 1. The molecule has 0 spiro atoms. The average Bonchev–Trinajstić information content (AvgIpc) is 2.99. The van der Waals surface area contributed by atoms with Crippen LogP contribution in [0.15, 0.2) is 42.5 Å². The highest BCUT2D eigenvalue weighted by molar-refractivity contribution is 7.89. The van der Waals surface area contributed by atoms with Crippen molar-refractivity contribution in [1.82, 2.24) is 4.72 Å². The molecule has 2 aromatic rings. The first-order chi connectivity index (χ1) is 12.4. The van der Waals surface area contributed by atoms with Gasteiger partial charge in [-0.25, -0.2) is 13.1 Å². The molecule has 1 heterocycles. The fraction of sp³-hybridized carbons (Fsp3) is 0.350. The van der Waals surface area contributed by atoms with Gasteiger partial charge in [0, 0.05) is 12.2 Å². The van der Waals surface area contributed by atoms with Crippen LogP contribution < -0.4 is 10.0 Å². The number of carbonyl (C=O) groups excluding carboxylic acids is 1. The van der Waals surface area contributed by atoms with E-state index >= 15 is 0 Å². The predicted octanol–water partition coefficient (Wildman–Crippen LogP) is 3.28.